The Balaban J connectivity index is 1.54. The summed E-state index contributed by atoms with van der Waals surface area (Å²) < 4.78 is 13.3. The van der Waals surface area contributed by atoms with Gasteiger partial charge in [-0.1, -0.05) is 6.07 Å². The monoisotopic (exact) mass is 372 g/mol. The van der Waals surface area contributed by atoms with Crippen molar-refractivity contribution in [1.29, 1.82) is 0 Å². The average molecular weight is 372 g/mol. The molecule has 1 aliphatic rings. The first-order chi connectivity index (χ1) is 12.9. The molecule has 1 saturated heterocycles. The first-order valence-electron chi connectivity index (χ1n) is 8.29. The van der Waals surface area contributed by atoms with E-state index in [1.165, 1.54) is 42.5 Å². The second kappa shape index (κ2) is 7.81. The van der Waals surface area contributed by atoms with Gasteiger partial charge in [0, 0.05) is 49.6 Å². The number of rotatable bonds is 3. The van der Waals surface area contributed by atoms with E-state index in [1.807, 2.05) is 0 Å². The van der Waals surface area contributed by atoms with E-state index in [0.717, 1.165) is 0 Å². The van der Waals surface area contributed by atoms with E-state index in [9.17, 15) is 24.1 Å². The highest BCUT2D eigenvalue weighted by Crippen LogP contribution is 2.16. The number of amides is 3. The smallest absolute Gasteiger partial charge is 0.321 e. The Morgan fingerprint density at radius 1 is 1.00 bits per heavy atom. The van der Waals surface area contributed by atoms with Crippen LogP contribution in [0.2, 0.25) is 0 Å². The van der Waals surface area contributed by atoms with Crippen molar-refractivity contribution in [3.8, 4) is 0 Å². The molecule has 1 aliphatic heterocycles. The molecule has 0 saturated carbocycles. The van der Waals surface area contributed by atoms with Crippen molar-refractivity contribution in [3.05, 3.63) is 70.0 Å². The van der Waals surface area contributed by atoms with E-state index in [4.69, 9.17) is 0 Å². The van der Waals surface area contributed by atoms with Crippen molar-refractivity contribution in [2.75, 3.05) is 31.5 Å². The van der Waals surface area contributed by atoms with Crippen LogP contribution < -0.4 is 5.32 Å². The molecule has 3 amide bonds. The predicted molar refractivity (Wildman–Crippen MR) is 96.0 cm³/mol. The quantitative estimate of drug-likeness (QED) is 0.662. The zero-order valence-corrected chi connectivity index (χ0v) is 14.3. The zero-order valence-electron chi connectivity index (χ0n) is 14.3. The summed E-state index contributed by atoms with van der Waals surface area (Å²) in [6, 6.07) is 10.7. The Bertz CT molecular complexity index is 864. The third-order valence-electron chi connectivity index (χ3n) is 4.26. The van der Waals surface area contributed by atoms with E-state index < -0.39 is 10.7 Å². The van der Waals surface area contributed by atoms with Gasteiger partial charge in [-0.2, -0.15) is 0 Å². The lowest BCUT2D eigenvalue weighted by molar-refractivity contribution is -0.384. The molecule has 2 aromatic carbocycles. The molecule has 8 nitrogen and oxygen atoms in total. The maximum Gasteiger partial charge on any atom is 0.321 e. The van der Waals surface area contributed by atoms with Gasteiger partial charge in [-0.05, 0) is 30.3 Å². The number of hydrogen-bond donors (Lipinski definition) is 1. The van der Waals surface area contributed by atoms with E-state index in [1.54, 1.807) is 15.9 Å². The number of carbonyl (C=O) groups excluding carboxylic acids is 2. The summed E-state index contributed by atoms with van der Waals surface area (Å²) in [4.78, 5) is 38.0. The summed E-state index contributed by atoms with van der Waals surface area (Å²) in [6.45, 7) is 1.34. The summed E-state index contributed by atoms with van der Waals surface area (Å²) in [5.41, 5.74) is 0.667. The predicted octanol–water partition coefficient (Wildman–Crippen LogP) is 2.72. The first-order valence-corrected chi connectivity index (χ1v) is 8.29. The standard InChI is InChI=1S/C18H17FN4O4/c19-14-3-1-2-13(12-14)17(24)21-8-10-22(11-9-21)18(25)20-15-4-6-16(7-5-15)23(26)27/h1-7,12H,8-11H2,(H,20,25). The number of nitrogens with one attached hydrogen (secondary N) is 1. The molecule has 3 rings (SSSR count). The molecule has 1 fully saturated rings. The van der Waals surface area contributed by atoms with Crippen LogP contribution in [-0.4, -0.2) is 52.8 Å². The minimum Gasteiger partial charge on any atom is -0.335 e. The van der Waals surface area contributed by atoms with Crippen LogP contribution in [0.4, 0.5) is 20.6 Å². The van der Waals surface area contributed by atoms with Crippen LogP contribution in [0.3, 0.4) is 0 Å². The molecule has 140 valence electrons. The van der Waals surface area contributed by atoms with Crippen LogP contribution in [0.15, 0.2) is 48.5 Å². The lowest BCUT2D eigenvalue weighted by atomic mass is 10.2. The van der Waals surface area contributed by atoms with Crippen molar-refractivity contribution in [3.63, 3.8) is 0 Å². The fourth-order valence-electron chi connectivity index (χ4n) is 2.79. The molecular weight excluding hydrogens is 355 g/mol. The lowest BCUT2D eigenvalue weighted by Gasteiger charge is -2.34. The van der Waals surface area contributed by atoms with Crippen molar-refractivity contribution in [2.24, 2.45) is 0 Å². The largest absolute Gasteiger partial charge is 0.335 e. The Labute approximate surface area is 154 Å². The minimum absolute atomic E-state index is 0.0579. The number of halogens is 1. The summed E-state index contributed by atoms with van der Waals surface area (Å²) in [6.07, 6.45) is 0. The topological polar surface area (TPSA) is 95.8 Å². The number of nitro benzene ring substituents is 1. The Kier molecular flexibility index (Phi) is 5.30. The van der Waals surface area contributed by atoms with Gasteiger partial charge in [-0.25, -0.2) is 9.18 Å². The molecule has 0 radical (unpaired) electrons. The highest BCUT2D eigenvalue weighted by molar-refractivity contribution is 5.94. The molecule has 2 aromatic rings. The highest BCUT2D eigenvalue weighted by atomic mass is 19.1. The lowest BCUT2D eigenvalue weighted by Crippen LogP contribution is -2.51. The van der Waals surface area contributed by atoms with Crippen molar-refractivity contribution in [2.45, 2.75) is 0 Å². The second-order valence-electron chi connectivity index (χ2n) is 6.02. The van der Waals surface area contributed by atoms with Gasteiger partial charge in [0.15, 0.2) is 0 Å². The van der Waals surface area contributed by atoms with E-state index in [0.29, 0.717) is 31.9 Å². The van der Waals surface area contributed by atoms with E-state index in [2.05, 4.69) is 5.32 Å². The average Bonchev–Trinajstić information content (AvgIpc) is 2.68. The van der Waals surface area contributed by atoms with Crippen LogP contribution in [0.1, 0.15) is 10.4 Å². The number of urea groups is 1. The second-order valence-corrected chi connectivity index (χ2v) is 6.02. The fraction of sp³-hybridized carbons (Fsp3) is 0.222. The van der Waals surface area contributed by atoms with Crippen LogP contribution in [0, 0.1) is 15.9 Å². The third-order valence-corrected chi connectivity index (χ3v) is 4.26. The Morgan fingerprint density at radius 2 is 1.63 bits per heavy atom. The number of nitrogens with zero attached hydrogens (tertiary/aromatic N) is 3. The number of hydrogen-bond acceptors (Lipinski definition) is 4. The molecule has 1 N–H and O–H groups in total. The molecule has 0 atom stereocenters. The van der Waals surface area contributed by atoms with Crippen molar-refractivity contribution >= 4 is 23.3 Å². The van der Waals surface area contributed by atoms with Gasteiger partial charge in [-0.15, -0.1) is 0 Å². The van der Waals surface area contributed by atoms with Crippen molar-refractivity contribution in [1.82, 2.24) is 9.80 Å². The summed E-state index contributed by atoms with van der Waals surface area (Å²) >= 11 is 0. The van der Waals surface area contributed by atoms with Gasteiger partial charge < -0.3 is 15.1 Å². The van der Waals surface area contributed by atoms with Gasteiger partial charge in [0.1, 0.15) is 5.82 Å². The molecule has 0 aromatic heterocycles. The van der Waals surface area contributed by atoms with Crippen LogP contribution in [0.5, 0.6) is 0 Å². The van der Waals surface area contributed by atoms with Gasteiger partial charge in [0.05, 0.1) is 4.92 Å². The van der Waals surface area contributed by atoms with Crippen LogP contribution in [-0.2, 0) is 0 Å². The molecule has 1 heterocycles. The minimum atomic E-state index is -0.513. The van der Waals surface area contributed by atoms with E-state index >= 15 is 0 Å². The number of piperazine rings is 1. The third kappa shape index (κ3) is 4.38. The van der Waals surface area contributed by atoms with Gasteiger partial charge in [0.2, 0.25) is 0 Å². The van der Waals surface area contributed by atoms with Crippen molar-refractivity contribution < 1.29 is 18.9 Å². The number of carbonyl (C=O) groups is 2. The summed E-state index contributed by atoms with van der Waals surface area (Å²) in [5, 5.41) is 13.3. The normalized spacial score (nSPS) is 14.0. The summed E-state index contributed by atoms with van der Waals surface area (Å²) in [7, 11) is 0. The molecule has 0 bridgehead atoms. The maximum atomic E-state index is 13.3. The number of anilines is 1. The van der Waals surface area contributed by atoms with Crippen LogP contribution in [0.25, 0.3) is 0 Å². The molecule has 0 aliphatic carbocycles. The first kappa shape index (κ1) is 18.3. The number of benzene rings is 2. The SMILES string of the molecule is O=C(Nc1ccc([N+](=O)[O-])cc1)N1CCN(C(=O)c2cccc(F)c2)CC1. The summed E-state index contributed by atoms with van der Waals surface area (Å²) in [5.74, 6) is -0.744. The zero-order chi connectivity index (χ0) is 19.4. The van der Waals surface area contributed by atoms with E-state index in [-0.39, 0.29) is 23.2 Å². The Morgan fingerprint density at radius 3 is 2.22 bits per heavy atom. The number of nitro groups is 1. The molecular formula is C18H17FN4O4. The van der Waals surface area contributed by atoms with Gasteiger partial charge >= 0.3 is 6.03 Å². The molecule has 0 spiro atoms. The molecule has 0 unspecified atom stereocenters. The molecule has 27 heavy (non-hydrogen) atoms. The molecule has 9 heteroatoms. The Hall–Kier alpha value is -3.49. The highest BCUT2D eigenvalue weighted by Gasteiger charge is 2.25. The van der Waals surface area contributed by atoms with Gasteiger partial charge in [-0.3, -0.25) is 14.9 Å². The van der Waals surface area contributed by atoms with Crippen LogP contribution >= 0.6 is 0 Å². The maximum absolute atomic E-state index is 13.3. The fourth-order valence-corrected chi connectivity index (χ4v) is 2.79. The number of non-ortho nitro benzene ring substituents is 1. The van der Waals surface area contributed by atoms with Gasteiger partial charge in [0.25, 0.3) is 11.6 Å².